The van der Waals surface area contributed by atoms with Crippen LogP contribution in [-0.2, 0) is 12.8 Å². The highest BCUT2D eigenvalue weighted by Crippen LogP contribution is 2.19. The lowest BCUT2D eigenvalue weighted by Crippen LogP contribution is -2.22. The fraction of sp³-hybridized carbons (Fsp3) is 0.400. The van der Waals surface area contributed by atoms with E-state index >= 15 is 0 Å². The number of fused-ring (bicyclic) bond motifs is 1. The minimum Gasteiger partial charge on any atom is -0.0935 e. The van der Waals surface area contributed by atoms with Crippen molar-refractivity contribution in [3.8, 4) is 0 Å². The second-order valence-electron chi connectivity index (χ2n) is 4.06. The van der Waals surface area contributed by atoms with Crippen LogP contribution in [0.15, 0.2) is 18.2 Å². The van der Waals surface area contributed by atoms with Crippen LogP contribution in [0.25, 0.3) is 0 Å². The van der Waals surface area contributed by atoms with Gasteiger partial charge in [0.25, 0.3) is 0 Å². The van der Waals surface area contributed by atoms with Crippen molar-refractivity contribution in [3.05, 3.63) is 29.3 Å². The fourth-order valence-electron chi connectivity index (χ4n) is 2.23. The van der Waals surface area contributed by atoms with Crippen LogP contribution in [0.5, 0.6) is 0 Å². The molecule has 0 fully saturated rings. The van der Waals surface area contributed by atoms with Gasteiger partial charge in [-0.2, -0.15) is 0 Å². The van der Waals surface area contributed by atoms with Crippen LogP contribution in [0.2, 0.25) is 0 Å². The summed E-state index contributed by atoms with van der Waals surface area (Å²) in [4.78, 5) is 0. The Labute approximate surface area is 83.0 Å². The van der Waals surface area contributed by atoms with Crippen molar-refractivity contribution in [2.75, 3.05) is 0 Å². The van der Waals surface area contributed by atoms with Gasteiger partial charge in [-0.05, 0) is 36.8 Å². The largest absolute Gasteiger partial charge is 0.114 e. The summed E-state index contributed by atoms with van der Waals surface area (Å²) in [6.07, 6.45) is 5.40. The van der Waals surface area contributed by atoms with E-state index in [1.54, 1.807) is 11.1 Å². The number of aryl methyl sites for hydroxylation is 2. The van der Waals surface area contributed by atoms with E-state index in [0.717, 1.165) is 0 Å². The van der Waals surface area contributed by atoms with Crippen molar-refractivity contribution in [1.82, 2.24) is 0 Å². The molecule has 1 aromatic rings. The molecule has 0 aromatic heterocycles. The second kappa shape index (κ2) is 4.08. The van der Waals surface area contributed by atoms with Crippen molar-refractivity contribution >= 4 is 27.4 Å². The van der Waals surface area contributed by atoms with Gasteiger partial charge in [-0.25, -0.2) is 0 Å². The molecule has 64 valence electrons. The molecule has 0 heterocycles. The maximum atomic E-state index is 2.43. The normalized spacial score (nSPS) is 14.8. The Morgan fingerprint density at radius 1 is 1.08 bits per heavy atom. The minimum absolute atomic E-state index is 1.24. The van der Waals surface area contributed by atoms with E-state index in [4.69, 9.17) is 0 Å². The predicted octanol–water partition coefficient (Wildman–Crippen LogP) is -0.473. The molecule has 0 atom stereocenters. The summed E-state index contributed by atoms with van der Waals surface area (Å²) >= 11 is 0. The first kappa shape index (κ1) is 8.99. The first-order valence-electron chi connectivity index (χ1n) is 5.51. The minimum atomic E-state index is 1.24. The van der Waals surface area contributed by atoms with E-state index in [9.17, 15) is 0 Å². The van der Waals surface area contributed by atoms with Gasteiger partial charge < -0.3 is 0 Å². The molecule has 0 nitrogen and oxygen atoms in total. The Balaban J connectivity index is 2.24. The lowest BCUT2D eigenvalue weighted by molar-refractivity contribution is 0.686. The van der Waals surface area contributed by atoms with Crippen LogP contribution in [0.4, 0.5) is 0 Å². The summed E-state index contributed by atoms with van der Waals surface area (Å²) in [5.41, 5.74) is 4.76. The quantitative estimate of drug-likeness (QED) is 0.523. The summed E-state index contributed by atoms with van der Waals surface area (Å²) in [5.74, 6) is 0. The molecule has 13 heavy (non-hydrogen) atoms. The number of hydrogen-bond donors (Lipinski definition) is 0. The summed E-state index contributed by atoms with van der Waals surface area (Å²) in [7, 11) is 4.76. The van der Waals surface area contributed by atoms with Gasteiger partial charge in [0.1, 0.15) is 7.17 Å². The van der Waals surface area contributed by atoms with Crippen LogP contribution in [0.3, 0.4) is 0 Å². The molecule has 0 amide bonds. The molecule has 0 spiro atoms. The fourth-order valence-corrected chi connectivity index (χ4v) is 2.23. The molecule has 2 rings (SSSR count). The molecule has 0 bridgehead atoms. The third-order valence-corrected chi connectivity index (χ3v) is 2.95. The van der Waals surface area contributed by atoms with Gasteiger partial charge in [0.15, 0.2) is 0 Å². The molecule has 1 aromatic carbocycles. The molecule has 0 saturated carbocycles. The van der Waals surface area contributed by atoms with E-state index in [1.165, 1.54) is 45.4 Å². The SMILES string of the molecule is BBBc1ccc2c(c1)CCCC2. The number of hydrogen-bond acceptors (Lipinski definition) is 0. The highest BCUT2D eigenvalue weighted by atomic mass is 14.1. The Morgan fingerprint density at radius 3 is 2.62 bits per heavy atom. The molecular weight excluding hydrogens is 153 g/mol. The number of rotatable bonds is 2. The molecule has 0 saturated heterocycles. The average Bonchev–Trinajstić information content (AvgIpc) is 2.18. The summed E-state index contributed by atoms with van der Waals surface area (Å²) in [5, 5.41) is 0. The Hall–Kier alpha value is -0.585. The molecule has 0 aliphatic heterocycles. The lowest BCUT2D eigenvalue weighted by atomic mass is 9.26. The molecular formula is C10H15B3. The highest BCUT2D eigenvalue weighted by molar-refractivity contribution is 7.27. The maximum absolute atomic E-state index is 2.43. The van der Waals surface area contributed by atoms with Gasteiger partial charge in [-0.15, -0.1) is 0 Å². The van der Waals surface area contributed by atoms with Gasteiger partial charge in [0, 0.05) is 0 Å². The molecule has 1 aliphatic carbocycles. The van der Waals surface area contributed by atoms with E-state index in [2.05, 4.69) is 25.9 Å². The Morgan fingerprint density at radius 2 is 1.85 bits per heavy atom. The third-order valence-electron chi connectivity index (χ3n) is 2.95. The van der Waals surface area contributed by atoms with E-state index in [0.29, 0.717) is 0 Å². The summed E-state index contributed by atoms with van der Waals surface area (Å²) in [6, 6.07) is 7.09. The van der Waals surface area contributed by atoms with Gasteiger partial charge >= 0.3 is 0 Å². The van der Waals surface area contributed by atoms with E-state index in [1.807, 2.05) is 0 Å². The van der Waals surface area contributed by atoms with Gasteiger partial charge in [-0.3, -0.25) is 0 Å². The first-order chi connectivity index (χ1) is 6.40. The van der Waals surface area contributed by atoms with Gasteiger partial charge in [-0.1, -0.05) is 23.7 Å². The molecule has 0 unspecified atom stereocenters. The smallest absolute Gasteiger partial charge is 0.0935 e. The zero-order chi connectivity index (χ0) is 9.10. The van der Waals surface area contributed by atoms with Crippen LogP contribution in [0.1, 0.15) is 24.0 Å². The zero-order valence-corrected chi connectivity index (χ0v) is 8.47. The van der Waals surface area contributed by atoms with Gasteiger partial charge in [0.2, 0.25) is 0 Å². The van der Waals surface area contributed by atoms with Crippen molar-refractivity contribution in [3.63, 3.8) is 0 Å². The highest BCUT2D eigenvalue weighted by Gasteiger charge is 2.08. The Bertz CT molecular complexity index is 296. The van der Waals surface area contributed by atoms with E-state index in [-0.39, 0.29) is 0 Å². The predicted molar refractivity (Wildman–Crippen MR) is 65.6 cm³/mol. The zero-order valence-electron chi connectivity index (χ0n) is 8.47. The van der Waals surface area contributed by atoms with Crippen molar-refractivity contribution in [2.24, 2.45) is 0 Å². The summed E-state index contributed by atoms with van der Waals surface area (Å²) in [6.45, 7) is 0. The lowest BCUT2D eigenvalue weighted by Gasteiger charge is -2.16. The maximum Gasteiger partial charge on any atom is 0.114 e. The second-order valence-corrected chi connectivity index (χ2v) is 4.06. The van der Waals surface area contributed by atoms with Crippen LogP contribution in [-0.4, -0.2) is 22.0 Å². The van der Waals surface area contributed by atoms with Crippen molar-refractivity contribution < 1.29 is 0 Å². The molecule has 0 N–H and O–H groups in total. The third kappa shape index (κ3) is 2.01. The molecule has 3 heteroatoms. The summed E-state index contributed by atoms with van der Waals surface area (Å²) < 4.78 is 0. The van der Waals surface area contributed by atoms with Crippen LogP contribution < -0.4 is 5.46 Å². The van der Waals surface area contributed by atoms with Gasteiger partial charge in [0.05, 0.1) is 14.8 Å². The van der Waals surface area contributed by atoms with Crippen LogP contribution in [0, 0.1) is 0 Å². The molecule has 0 radical (unpaired) electrons. The Kier molecular flexibility index (Phi) is 2.82. The molecule has 1 aliphatic rings. The van der Waals surface area contributed by atoms with E-state index < -0.39 is 0 Å². The monoisotopic (exact) mass is 168 g/mol. The average molecular weight is 168 g/mol. The van der Waals surface area contributed by atoms with Crippen molar-refractivity contribution in [2.45, 2.75) is 25.7 Å². The first-order valence-corrected chi connectivity index (χ1v) is 5.51. The van der Waals surface area contributed by atoms with Crippen molar-refractivity contribution in [1.29, 1.82) is 0 Å². The number of benzene rings is 1. The standard InChI is InChI=1S/C10H15B3/c11-13-12-10-6-5-8-3-1-2-4-9(8)7-10/h5-7,12-13H,1-4,11H2. The topological polar surface area (TPSA) is 0 Å². The van der Waals surface area contributed by atoms with Crippen LogP contribution >= 0.6 is 0 Å².